The van der Waals surface area contributed by atoms with Gasteiger partial charge in [-0.25, -0.2) is 0 Å². The Balaban J connectivity index is 2.35. The second-order valence-electron chi connectivity index (χ2n) is 4.19. The summed E-state index contributed by atoms with van der Waals surface area (Å²) in [7, 11) is 0. The van der Waals surface area contributed by atoms with E-state index in [1.807, 2.05) is 13.8 Å². The zero-order valence-corrected chi connectivity index (χ0v) is 10.3. The van der Waals surface area contributed by atoms with Gasteiger partial charge in [-0.3, -0.25) is 9.97 Å². The molecule has 2 N–H and O–H groups in total. The largest absolute Gasteiger partial charge is 0.393 e. The van der Waals surface area contributed by atoms with Crippen molar-refractivity contribution in [1.82, 2.24) is 15.3 Å². The number of aliphatic hydroxyl groups excluding tert-OH is 1. The average molecular weight is 223 g/mol. The number of nitrogens with zero attached hydrogens (tertiary/aromatic N) is 2. The maximum absolute atomic E-state index is 9.13. The normalized spacial score (nSPS) is 14.8. The molecule has 0 bridgehead atoms. The summed E-state index contributed by atoms with van der Waals surface area (Å²) in [6.45, 7) is 6.76. The van der Waals surface area contributed by atoms with Crippen LogP contribution in [-0.2, 0) is 0 Å². The van der Waals surface area contributed by atoms with Crippen molar-refractivity contribution < 1.29 is 5.11 Å². The van der Waals surface area contributed by atoms with Crippen molar-refractivity contribution in [2.24, 2.45) is 0 Å². The number of aryl methyl sites for hydroxylation is 1. The van der Waals surface area contributed by atoms with E-state index in [1.54, 1.807) is 12.4 Å². The van der Waals surface area contributed by atoms with Crippen LogP contribution < -0.4 is 5.32 Å². The Morgan fingerprint density at radius 2 is 2.00 bits per heavy atom. The van der Waals surface area contributed by atoms with Gasteiger partial charge >= 0.3 is 0 Å². The number of hydrogen-bond acceptors (Lipinski definition) is 4. The fraction of sp³-hybridized carbons (Fsp3) is 0.667. The van der Waals surface area contributed by atoms with E-state index < -0.39 is 0 Å². The van der Waals surface area contributed by atoms with Crippen LogP contribution in [0.4, 0.5) is 0 Å². The fourth-order valence-electron chi connectivity index (χ4n) is 1.66. The van der Waals surface area contributed by atoms with E-state index in [1.165, 1.54) is 0 Å². The van der Waals surface area contributed by atoms with Crippen molar-refractivity contribution in [1.29, 1.82) is 0 Å². The molecule has 1 heterocycles. The molecule has 4 nitrogen and oxygen atoms in total. The predicted molar refractivity (Wildman–Crippen MR) is 64.1 cm³/mol. The Bertz CT molecular complexity index is 315. The molecule has 1 rings (SSSR count). The third-order valence-electron chi connectivity index (χ3n) is 2.58. The van der Waals surface area contributed by atoms with Gasteiger partial charge in [-0.1, -0.05) is 0 Å². The summed E-state index contributed by atoms with van der Waals surface area (Å²) >= 11 is 0. The van der Waals surface area contributed by atoms with Gasteiger partial charge in [0.1, 0.15) is 0 Å². The molecule has 1 aromatic rings. The summed E-state index contributed by atoms with van der Waals surface area (Å²) in [5.41, 5.74) is 1.97. The van der Waals surface area contributed by atoms with Gasteiger partial charge in [0.15, 0.2) is 0 Å². The van der Waals surface area contributed by atoms with Crippen LogP contribution in [0.5, 0.6) is 0 Å². The number of nitrogens with one attached hydrogen (secondary N) is 1. The van der Waals surface area contributed by atoms with Crippen molar-refractivity contribution in [2.45, 2.75) is 45.8 Å². The monoisotopic (exact) mass is 223 g/mol. The lowest BCUT2D eigenvalue weighted by Crippen LogP contribution is -2.22. The molecule has 0 spiro atoms. The van der Waals surface area contributed by atoms with Crippen LogP contribution in [0.25, 0.3) is 0 Å². The summed E-state index contributed by atoms with van der Waals surface area (Å²) in [5.74, 6) is 0. The van der Waals surface area contributed by atoms with E-state index in [0.29, 0.717) is 0 Å². The summed E-state index contributed by atoms with van der Waals surface area (Å²) in [4.78, 5) is 8.53. The zero-order chi connectivity index (χ0) is 12.0. The third kappa shape index (κ3) is 4.24. The molecule has 0 aliphatic heterocycles. The minimum Gasteiger partial charge on any atom is -0.393 e. The zero-order valence-electron chi connectivity index (χ0n) is 10.3. The molecule has 2 atom stereocenters. The predicted octanol–water partition coefficient (Wildman–Crippen LogP) is 1.60. The first-order valence-electron chi connectivity index (χ1n) is 5.80. The molecule has 16 heavy (non-hydrogen) atoms. The van der Waals surface area contributed by atoms with Crippen LogP contribution in [0.3, 0.4) is 0 Å². The van der Waals surface area contributed by atoms with E-state index in [9.17, 15) is 0 Å². The van der Waals surface area contributed by atoms with E-state index in [0.717, 1.165) is 30.8 Å². The maximum Gasteiger partial charge on any atom is 0.0782 e. The lowest BCUT2D eigenvalue weighted by Gasteiger charge is -2.14. The van der Waals surface area contributed by atoms with Crippen molar-refractivity contribution in [3.8, 4) is 0 Å². The summed E-state index contributed by atoms with van der Waals surface area (Å²) in [6.07, 6.45) is 5.02. The van der Waals surface area contributed by atoms with Crippen LogP contribution in [-0.4, -0.2) is 27.7 Å². The van der Waals surface area contributed by atoms with E-state index in [-0.39, 0.29) is 12.1 Å². The van der Waals surface area contributed by atoms with Gasteiger partial charge in [-0.2, -0.15) is 0 Å². The molecule has 2 unspecified atom stereocenters. The van der Waals surface area contributed by atoms with Gasteiger partial charge in [-0.05, 0) is 40.2 Å². The van der Waals surface area contributed by atoms with Crippen LogP contribution >= 0.6 is 0 Å². The highest BCUT2D eigenvalue weighted by molar-refractivity contribution is 5.12. The standard InChI is InChI=1S/C12H21N3O/c1-9(16)5-4-6-13-10(2)12-11(3)14-7-8-15-12/h7-10,13,16H,4-6H2,1-3H3. The Hall–Kier alpha value is -1.00. The van der Waals surface area contributed by atoms with Crippen molar-refractivity contribution >= 4 is 0 Å². The molecule has 90 valence electrons. The molecule has 0 amide bonds. The lowest BCUT2D eigenvalue weighted by atomic mass is 10.1. The number of hydrogen-bond donors (Lipinski definition) is 2. The Labute approximate surface area is 97.1 Å². The van der Waals surface area contributed by atoms with Crippen LogP contribution in [0.15, 0.2) is 12.4 Å². The highest BCUT2D eigenvalue weighted by Crippen LogP contribution is 2.11. The SMILES string of the molecule is Cc1nccnc1C(C)NCCCC(C)O. The fourth-order valence-corrected chi connectivity index (χ4v) is 1.66. The molecule has 0 saturated carbocycles. The minimum atomic E-state index is -0.213. The van der Waals surface area contributed by atoms with Gasteiger partial charge in [-0.15, -0.1) is 0 Å². The maximum atomic E-state index is 9.13. The van der Waals surface area contributed by atoms with E-state index >= 15 is 0 Å². The third-order valence-corrected chi connectivity index (χ3v) is 2.58. The van der Waals surface area contributed by atoms with Crippen molar-refractivity contribution in [2.75, 3.05) is 6.54 Å². The average Bonchev–Trinajstić information content (AvgIpc) is 2.24. The second-order valence-corrected chi connectivity index (χ2v) is 4.19. The Kier molecular flexibility index (Phi) is 5.35. The molecule has 1 aromatic heterocycles. The second kappa shape index (κ2) is 6.55. The molecule has 0 radical (unpaired) electrons. The lowest BCUT2D eigenvalue weighted by molar-refractivity contribution is 0.181. The van der Waals surface area contributed by atoms with Crippen LogP contribution in [0.1, 0.15) is 44.1 Å². The summed E-state index contributed by atoms with van der Waals surface area (Å²) < 4.78 is 0. The van der Waals surface area contributed by atoms with Crippen LogP contribution in [0, 0.1) is 6.92 Å². The van der Waals surface area contributed by atoms with Gasteiger partial charge in [0.25, 0.3) is 0 Å². The summed E-state index contributed by atoms with van der Waals surface area (Å²) in [5, 5.41) is 12.5. The molecule has 4 heteroatoms. The Morgan fingerprint density at radius 1 is 1.31 bits per heavy atom. The minimum absolute atomic E-state index is 0.211. The first kappa shape index (κ1) is 13.1. The smallest absolute Gasteiger partial charge is 0.0782 e. The number of aliphatic hydroxyl groups is 1. The van der Waals surface area contributed by atoms with E-state index in [2.05, 4.69) is 22.2 Å². The molecule has 0 aliphatic rings. The van der Waals surface area contributed by atoms with Gasteiger partial charge < -0.3 is 10.4 Å². The molecular formula is C12H21N3O. The molecule has 0 fully saturated rings. The molecule has 0 aliphatic carbocycles. The topological polar surface area (TPSA) is 58.0 Å². The molecular weight excluding hydrogens is 202 g/mol. The number of rotatable bonds is 6. The van der Waals surface area contributed by atoms with Gasteiger partial charge in [0, 0.05) is 18.4 Å². The first-order valence-corrected chi connectivity index (χ1v) is 5.80. The van der Waals surface area contributed by atoms with Gasteiger partial charge in [0.05, 0.1) is 17.5 Å². The quantitative estimate of drug-likeness (QED) is 0.719. The number of aromatic nitrogens is 2. The van der Waals surface area contributed by atoms with E-state index in [4.69, 9.17) is 5.11 Å². The highest BCUT2D eigenvalue weighted by atomic mass is 16.3. The van der Waals surface area contributed by atoms with Crippen molar-refractivity contribution in [3.05, 3.63) is 23.8 Å². The molecule has 0 aromatic carbocycles. The highest BCUT2D eigenvalue weighted by Gasteiger charge is 2.09. The Morgan fingerprint density at radius 3 is 2.62 bits per heavy atom. The van der Waals surface area contributed by atoms with Gasteiger partial charge in [0.2, 0.25) is 0 Å². The van der Waals surface area contributed by atoms with Crippen molar-refractivity contribution in [3.63, 3.8) is 0 Å². The summed E-state index contributed by atoms with van der Waals surface area (Å²) in [6, 6.07) is 0.211. The first-order chi connectivity index (χ1) is 7.61. The molecule has 0 saturated heterocycles. The van der Waals surface area contributed by atoms with Crippen LogP contribution in [0.2, 0.25) is 0 Å².